The molecular formula is C24H30N6O2. The molecule has 0 saturated carbocycles. The van der Waals surface area contributed by atoms with Crippen LogP contribution in [0.5, 0.6) is 0 Å². The van der Waals surface area contributed by atoms with Crippen molar-refractivity contribution in [2.24, 2.45) is 0 Å². The maximum Gasteiger partial charge on any atom is 0.353 e. The van der Waals surface area contributed by atoms with Gasteiger partial charge in [0.25, 0.3) is 0 Å². The van der Waals surface area contributed by atoms with E-state index in [1.54, 1.807) is 10.5 Å². The Balaban J connectivity index is 1.48. The number of amides is 1. The van der Waals surface area contributed by atoms with Crippen LogP contribution < -0.4 is 10.6 Å². The highest BCUT2D eigenvalue weighted by Gasteiger charge is 2.27. The van der Waals surface area contributed by atoms with E-state index in [9.17, 15) is 9.59 Å². The second kappa shape index (κ2) is 8.41. The molecule has 168 valence electrons. The molecule has 4 heterocycles. The molecule has 32 heavy (non-hydrogen) atoms. The molecule has 0 unspecified atom stereocenters. The number of fused-ring (bicyclic) bond motifs is 2. The number of nitrogens with zero attached hydrogens (tertiary/aromatic N) is 6. The molecule has 1 saturated heterocycles. The van der Waals surface area contributed by atoms with E-state index in [-0.39, 0.29) is 24.2 Å². The van der Waals surface area contributed by atoms with Crippen molar-refractivity contribution in [3.63, 3.8) is 0 Å². The molecule has 5 rings (SSSR count). The number of aryl methyl sites for hydroxylation is 1. The van der Waals surface area contributed by atoms with Crippen LogP contribution in [0.3, 0.4) is 0 Å². The molecule has 0 spiro atoms. The Bertz CT molecular complexity index is 1210. The molecule has 0 radical (unpaired) electrons. The van der Waals surface area contributed by atoms with Gasteiger partial charge in [-0.05, 0) is 50.2 Å². The fourth-order valence-corrected chi connectivity index (χ4v) is 5.09. The Morgan fingerprint density at radius 1 is 1.16 bits per heavy atom. The van der Waals surface area contributed by atoms with Crippen molar-refractivity contribution in [3.05, 3.63) is 57.6 Å². The minimum atomic E-state index is -0.306. The smallest absolute Gasteiger partial charge is 0.338 e. The van der Waals surface area contributed by atoms with Crippen molar-refractivity contribution in [1.29, 1.82) is 0 Å². The maximum absolute atomic E-state index is 13.3. The average molecular weight is 435 g/mol. The summed E-state index contributed by atoms with van der Waals surface area (Å²) in [7, 11) is 0. The zero-order valence-electron chi connectivity index (χ0n) is 18.8. The van der Waals surface area contributed by atoms with Crippen LogP contribution in [0.4, 0.5) is 5.95 Å². The standard InChI is InChI=1S/C24H30N6O2/c1-3-20-10-6-7-12-28(20)22(31)16-29-24(32)30-21(26-29)14-17(2)25-23(30)27-13-11-18-8-4-5-9-19(18)15-27/h4-5,8-9,14,20H,3,6-7,10-13,15-16H2,1-2H3/t20-/m0/s1. The van der Waals surface area contributed by atoms with Gasteiger partial charge in [0.1, 0.15) is 6.54 Å². The molecule has 8 heteroatoms. The first-order valence-corrected chi connectivity index (χ1v) is 11.6. The van der Waals surface area contributed by atoms with Gasteiger partial charge in [-0.15, -0.1) is 5.10 Å². The first-order valence-electron chi connectivity index (χ1n) is 11.6. The molecule has 0 bridgehead atoms. The molecular weight excluding hydrogens is 404 g/mol. The molecule has 1 aromatic carbocycles. The minimum Gasteiger partial charge on any atom is -0.338 e. The third-order valence-corrected chi connectivity index (χ3v) is 6.80. The molecule has 2 aromatic heterocycles. The lowest BCUT2D eigenvalue weighted by Gasteiger charge is -2.35. The number of piperidine rings is 1. The number of carbonyl (C=O) groups excluding carboxylic acids is 1. The van der Waals surface area contributed by atoms with Crippen LogP contribution in [0.25, 0.3) is 5.65 Å². The van der Waals surface area contributed by atoms with Gasteiger partial charge in [0.05, 0.1) is 0 Å². The van der Waals surface area contributed by atoms with Crippen LogP contribution in [0.2, 0.25) is 0 Å². The van der Waals surface area contributed by atoms with Gasteiger partial charge >= 0.3 is 5.69 Å². The monoisotopic (exact) mass is 434 g/mol. The first kappa shape index (κ1) is 20.7. The normalized spacial score (nSPS) is 18.8. The van der Waals surface area contributed by atoms with E-state index in [0.717, 1.165) is 50.9 Å². The summed E-state index contributed by atoms with van der Waals surface area (Å²) in [6, 6.07) is 10.5. The number of hydrogen-bond donors (Lipinski definition) is 0. The highest BCUT2D eigenvalue weighted by atomic mass is 16.2. The molecule has 1 fully saturated rings. The summed E-state index contributed by atoms with van der Waals surface area (Å²) < 4.78 is 2.86. The van der Waals surface area contributed by atoms with Gasteiger partial charge in [0.2, 0.25) is 11.9 Å². The summed E-state index contributed by atoms with van der Waals surface area (Å²) in [6.07, 6.45) is 5.05. The molecule has 0 N–H and O–H groups in total. The van der Waals surface area contributed by atoms with E-state index < -0.39 is 0 Å². The number of carbonyl (C=O) groups is 1. The van der Waals surface area contributed by atoms with Crippen molar-refractivity contribution in [3.8, 4) is 0 Å². The zero-order chi connectivity index (χ0) is 22.2. The van der Waals surface area contributed by atoms with Crippen LogP contribution in [0.15, 0.2) is 35.1 Å². The van der Waals surface area contributed by atoms with Crippen molar-refractivity contribution in [1.82, 2.24) is 24.1 Å². The number of likely N-dealkylation sites (tertiary alicyclic amines) is 1. The lowest BCUT2D eigenvalue weighted by Crippen LogP contribution is -2.46. The predicted octanol–water partition coefficient (Wildman–Crippen LogP) is 2.55. The Kier molecular flexibility index (Phi) is 5.45. The van der Waals surface area contributed by atoms with E-state index in [1.165, 1.54) is 15.8 Å². The predicted molar refractivity (Wildman–Crippen MR) is 123 cm³/mol. The molecule has 1 amide bonds. The highest BCUT2D eigenvalue weighted by Crippen LogP contribution is 2.24. The summed E-state index contributed by atoms with van der Waals surface area (Å²) in [4.78, 5) is 35.2. The second-order valence-corrected chi connectivity index (χ2v) is 8.92. The molecule has 8 nitrogen and oxygen atoms in total. The first-order chi connectivity index (χ1) is 15.5. The number of aromatic nitrogens is 4. The Morgan fingerprint density at radius 2 is 1.97 bits per heavy atom. The molecule has 2 aliphatic heterocycles. The molecule has 1 atom stereocenters. The summed E-state index contributed by atoms with van der Waals surface area (Å²) in [5.74, 6) is 0.572. The Hall–Kier alpha value is -3.16. The minimum absolute atomic E-state index is 0.0276. The van der Waals surface area contributed by atoms with Crippen LogP contribution in [0, 0.1) is 6.92 Å². The van der Waals surface area contributed by atoms with Crippen LogP contribution in [-0.4, -0.2) is 49.1 Å². The number of benzene rings is 1. The summed E-state index contributed by atoms with van der Waals surface area (Å²) >= 11 is 0. The summed E-state index contributed by atoms with van der Waals surface area (Å²) in [5.41, 5.74) is 3.63. The largest absolute Gasteiger partial charge is 0.353 e. The molecule has 2 aliphatic rings. The Labute approximate surface area is 187 Å². The van der Waals surface area contributed by atoms with Gasteiger partial charge in [-0.1, -0.05) is 31.2 Å². The Morgan fingerprint density at radius 3 is 2.78 bits per heavy atom. The average Bonchev–Trinajstić information content (AvgIpc) is 3.12. The van der Waals surface area contributed by atoms with E-state index in [2.05, 4.69) is 35.1 Å². The number of rotatable bonds is 4. The van der Waals surface area contributed by atoms with Gasteiger partial charge in [-0.3, -0.25) is 4.79 Å². The van der Waals surface area contributed by atoms with Gasteiger partial charge < -0.3 is 9.80 Å². The van der Waals surface area contributed by atoms with E-state index >= 15 is 0 Å². The van der Waals surface area contributed by atoms with Gasteiger partial charge in [-0.2, -0.15) is 0 Å². The fraction of sp³-hybridized carbons (Fsp3) is 0.500. The van der Waals surface area contributed by atoms with Crippen molar-refractivity contribution in [2.75, 3.05) is 18.0 Å². The van der Waals surface area contributed by atoms with Crippen LogP contribution >= 0.6 is 0 Å². The lowest BCUT2D eigenvalue weighted by molar-refractivity contribution is -0.135. The SMILES string of the molecule is CC[C@H]1CCCCN1C(=O)Cn1nc2cc(C)nc(N3CCc4ccccc4C3)n2c1=O. The van der Waals surface area contributed by atoms with Crippen LogP contribution in [-0.2, 0) is 24.3 Å². The van der Waals surface area contributed by atoms with E-state index in [1.807, 2.05) is 17.9 Å². The summed E-state index contributed by atoms with van der Waals surface area (Å²) in [6.45, 7) is 6.24. The van der Waals surface area contributed by atoms with E-state index in [0.29, 0.717) is 18.1 Å². The third-order valence-electron chi connectivity index (χ3n) is 6.80. The van der Waals surface area contributed by atoms with Crippen molar-refractivity contribution >= 4 is 17.5 Å². The number of anilines is 1. The van der Waals surface area contributed by atoms with Gasteiger partial charge in [0.15, 0.2) is 5.65 Å². The molecule has 0 aliphatic carbocycles. The topological polar surface area (TPSA) is 75.7 Å². The van der Waals surface area contributed by atoms with E-state index in [4.69, 9.17) is 4.98 Å². The fourth-order valence-electron chi connectivity index (χ4n) is 5.09. The van der Waals surface area contributed by atoms with Gasteiger partial charge in [0, 0.05) is 37.4 Å². The summed E-state index contributed by atoms with van der Waals surface area (Å²) in [5, 5.41) is 4.51. The van der Waals surface area contributed by atoms with Crippen molar-refractivity contribution < 1.29 is 4.79 Å². The third kappa shape index (κ3) is 3.67. The maximum atomic E-state index is 13.3. The highest BCUT2D eigenvalue weighted by molar-refractivity contribution is 5.76. The zero-order valence-corrected chi connectivity index (χ0v) is 18.8. The quantitative estimate of drug-likeness (QED) is 0.631. The second-order valence-electron chi connectivity index (χ2n) is 8.92. The molecule has 3 aromatic rings. The number of hydrogen-bond acceptors (Lipinski definition) is 5. The lowest BCUT2D eigenvalue weighted by atomic mass is 10.00. The van der Waals surface area contributed by atoms with Gasteiger partial charge in [-0.25, -0.2) is 18.9 Å². The van der Waals surface area contributed by atoms with Crippen molar-refractivity contribution in [2.45, 2.75) is 65.1 Å². The van der Waals surface area contributed by atoms with Crippen LogP contribution in [0.1, 0.15) is 49.4 Å².